The Bertz CT molecular complexity index is 1120. The molecule has 0 unspecified atom stereocenters. The lowest BCUT2D eigenvalue weighted by Crippen LogP contribution is -3.10. The molecule has 2 aliphatic rings. The summed E-state index contributed by atoms with van der Waals surface area (Å²) < 4.78 is 0. The van der Waals surface area contributed by atoms with E-state index in [0.717, 1.165) is 30.8 Å². The average molecular weight is 488 g/mol. The van der Waals surface area contributed by atoms with Gasteiger partial charge in [0.1, 0.15) is 10.7 Å². The SMILES string of the molecule is CN(C(=O)c1ccc(NC2=C(Cl)C(=O)N(c3cccc(Cl)c3)C2=O)cc1)C1CC[NH+](C)CC1. The molecule has 2 aliphatic heterocycles. The number of nitrogens with one attached hydrogen (secondary N) is 2. The Morgan fingerprint density at radius 3 is 2.36 bits per heavy atom. The Hall–Kier alpha value is -2.87. The summed E-state index contributed by atoms with van der Waals surface area (Å²) in [6, 6.07) is 13.5. The molecule has 0 aromatic heterocycles. The number of likely N-dealkylation sites (tertiary alicyclic amines) is 1. The highest BCUT2D eigenvalue weighted by Crippen LogP contribution is 2.31. The van der Waals surface area contributed by atoms with Crippen molar-refractivity contribution >= 4 is 52.3 Å². The molecular formula is C24H25Cl2N4O3+. The van der Waals surface area contributed by atoms with Gasteiger partial charge < -0.3 is 15.1 Å². The molecule has 2 aromatic carbocycles. The van der Waals surface area contributed by atoms with Crippen molar-refractivity contribution in [2.45, 2.75) is 18.9 Å². The van der Waals surface area contributed by atoms with Gasteiger partial charge in [-0.2, -0.15) is 0 Å². The number of benzene rings is 2. The van der Waals surface area contributed by atoms with Crippen LogP contribution in [0.1, 0.15) is 23.2 Å². The van der Waals surface area contributed by atoms with E-state index in [9.17, 15) is 14.4 Å². The van der Waals surface area contributed by atoms with Crippen molar-refractivity contribution < 1.29 is 19.3 Å². The quantitative estimate of drug-likeness (QED) is 0.635. The van der Waals surface area contributed by atoms with E-state index >= 15 is 0 Å². The number of hydrogen-bond acceptors (Lipinski definition) is 4. The van der Waals surface area contributed by atoms with Crippen LogP contribution < -0.4 is 15.1 Å². The van der Waals surface area contributed by atoms with E-state index in [1.165, 1.54) is 11.0 Å². The van der Waals surface area contributed by atoms with Crippen LogP contribution in [0.3, 0.4) is 0 Å². The predicted octanol–water partition coefficient (Wildman–Crippen LogP) is 2.52. The van der Waals surface area contributed by atoms with Gasteiger partial charge in [0.15, 0.2) is 0 Å². The van der Waals surface area contributed by atoms with E-state index < -0.39 is 11.8 Å². The van der Waals surface area contributed by atoms with E-state index in [0.29, 0.717) is 22.0 Å². The summed E-state index contributed by atoms with van der Waals surface area (Å²) >= 11 is 12.2. The average Bonchev–Trinajstić information content (AvgIpc) is 3.02. The minimum absolute atomic E-state index is 0.0216. The summed E-state index contributed by atoms with van der Waals surface area (Å²) in [4.78, 5) is 42.7. The molecule has 0 aliphatic carbocycles. The smallest absolute Gasteiger partial charge is 0.283 e. The first-order valence-electron chi connectivity index (χ1n) is 10.8. The summed E-state index contributed by atoms with van der Waals surface area (Å²) in [6.45, 7) is 2.11. The van der Waals surface area contributed by atoms with Gasteiger partial charge in [-0.25, -0.2) is 4.90 Å². The standard InChI is InChI=1S/C24H24Cl2N4O3/c1-28-12-10-18(11-13-28)29(2)22(31)15-6-8-17(9-7-15)27-21-20(26)23(32)30(24(21)33)19-5-3-4-16(25)14-19/h3-9,14,18,27H,10-13H2,1-2H3/p+1. The number of hydrogen-bond donors (Lipinski definition) is 2. The second kappa shape index (κ2) is 9.55. The minimum atomic E-state index is -0.625. The number of nitrogens with zero attached hydrogens (tertiary/aromatic N) is 2. The fourth-order valence-electron chi connectivity index (χ4n) is 4.15. The molecule has 0 spiro atoms. The van der Waals surface area contributed by atoms with E-state index in [1.807, 2.05) is 11.9 Å². The molecule has 2 aromatic rings. The van der Waals surface area contributed by atoms with Gasteiger partial charge in [-0.05, 0) is 42.5 Å². The number of halogens is 2. The highest BCUT2D eigenvalue weighted by Gasteiger charge is 2.39. The topological polar surface area (TPSA) is 74.2 Å². The lowest BCUT2D eigenvalue weighted by molar-refractivity contribution is -0.885. The lowest BCUT2D eigenvalue weighted by atomic mass is 10.0. The highest BCUT2D eigenvalue weighted by molar-refractivity contribution is 6.53. The first kappa shape index (κ1) is 23.3. The predicted molar refractivity (Wildman–Crippen MR) is 129 cm³/mol. The third-order valence-electron chi connectivity index (χ3n) is 6.17. The third kappa shape index (κ3) is 4.76. The number of amides is 3. The van der Waals surface area contributed by atoms with Gasteiger partial charge in [-0.15, -0.1) is 0 Å². The summed E-state index contributed by atoms with van der Waals surface area (Å²) in [5, 5.41) is 3.12. The number of anilines is 2. The van der Waals surface area contributed by atoms with Gasteiger partial charge in [-0.1, -0.05) is 29.3 Å². The zero-order valence-electron chi connectivity index (χ0n) is 18.4. The van der Waals surface area contributed by atoms with E-state index in [2.05, 4.69) is 12.4 Å². The first-order chi connectivity index (χ1) is 15.8. The van der Waals surface area contributed by atoms with E-state index in [4.69, 9.17) is 23.2 Å². The van der Waals surface area contributed by atoms with Crippen LogP contribution in [0.25, 0.3) is 0 Å². The van der Waals surface area contributed by atoms with Crippen LogP contribution in [0.2, 0.25) is 5.02 Å². The maximum atomic E-state index is 12.9. The number of rotatable bonds is 5. The summed E-state index contributed by atoms with van der Waals surface area (Å²) in [5.74, 6) is -1.24. The van der Waals surface area contributed by atoms with Gasteiger partial charge in [0.05, 0.1) is 25.8 Å². The molecule has 0 bridgehead atoms. The van der Waals surface area contributed by atoms with Crippen molar-refractivity contribution in [2.75, 3.05) is 37.4 Å². The number of imide groups is 1. The molecule has 0 radical (unpaired) electrons. The van der Waals surface area contributed by atoms with E-state index in [1.54, 1.807) is 42.5 Å². The highest BCUT2D eigenvalue weighted by atomic mass is 35.5. The van der Waals surface area contributed by atoms with Crippen molar-refractivity contribution in [3.63, 3.8) is 0 Å². The number of quaternary nitrogens is 1. The van der Waals surface area contributed by atoms with Crippen molar-refractivity contribution in [1.82, 2.24) is 4.90 Å². The van der Waals surface area contributed by atoms with Gasteiger partial charge in [0.25, 0.3) is 17.7 Å². The molecule has 2 heterocycles. The van der Waals surface area contributed by atoms with Crippen LogP contribution in [-0.2, 0) is 9.59 Å². The normalized spacial score (nSPS) is 20.9. The summed E-state index contributed by atoms with van der Waals surface area (Å²) in [6.07, 6.45) is 1.97. The molecular weight excluding hydrogens is 463 g/mol. The molecule has 172 valence electrons. The van der Waals surface area contributed by atoms with Gasteiger partial charge >= 0.3 is 0 Å². The summed E-state index contributed by atoms with van der Waals surface area (Å²) in [7, 11) is 4.01. The van der Waals surface area contributed by atoms with Crippen LogP contribution in [0.15, 0.2) is 59.3 Å². The van der Waals surface area contributed by atoms with Crippen molar-refractivity contribution in [3.8, 4) is 0 Å². The van der Waals surface area contributed by atoms with Gasteiger partial charge in [0.2, 0.25) is 0 Å². The number of piperidine rings is 1. The largest absolute Gasteiger partial charge is 0.350 e. The van der Waals surface area contributed by atoms with Gasteiger partial charge in [-0.3, -0.25) is 14.4 Å². The molecule has 2 N–H and O–H groups in total. The number of carbonyl (C=O) groups is 3. The molecule has 0 saturated carbocycles. The Balaban J connectivity index is 1.46. The minimum Gasteiger partial charge on any atom is -0.350 e. The Morgan fingerprint density at radius 1 is 1.06 bits per heavy atom. The van der Waals surface area contributed by atoms with Crippen molar-refractivity contribution in [3.05, 3.63) is 69.8 Å². The van der Waals surface area contributed by atoms with Gasteiger partial charge in [0, 0.05) is 42.2 Å². The van der Waals surface area contributed by atoms with Crippen LogP contribution in [0.5, 0.6) is 0 Å². The van der Waals surface area contributed by atoms with Crippen LogP contribution in [0, 0.1) is 0 Å². The van der Waals surface area contributed by atoms with Crippen LogP contribution in [0.4, 0.5) is 11.4 Å². The van der Waals surface area contributed by atoms with Crippen LogP contribution >= 0.6 is 23.2 Å². The molecule has 9 heteroatoms. The maximum Gasteiger partial charge on any atom is 0.283 e. The summed E-state index contributed by atoms with van der Waals surface area (Å²) in [5.41, 5.74) is 1.42. The second-order valence-corrected chi connectivity index (χ2v) is 9.24. The van der Waals surface area contributed by atoms with E-state index in [-0.39, 0.29) is 22.7 Å². The Labute approximate surface area is 202 Å². The Morgan fingerprint density at radius 2 is 1.73 bits per heavy atom. The first-order valence-corrected chi connectivity index (χ1v) is 11.5. The molecule has 3 amide bonds. The molecule has 1 fully saturated rings. The molecule has 7 nitrogen and oxygen atoms in total. The Kier molecular flexibility index (Phi) is 6.74. The van der Waals surface area contributed by atoms with Crippen LogP contribution in [-0.4, -0.2) is 55.8 Å². The fraction of sp³-hybridized carbons (Fsp3) is 0.292. The molecule has 4 rings (SSSR count). The molecule has 1 saturated heterocycles. The van der Waals surface area contributed by atoms with Crippen molar-refractivity contribution in [1.29, 1.82) is 0 Å². The monoisotopic (exact) mass is 487 g/mol. The number of carbonyl (C=O) groups excluding carboxylic acids is 3. The third-order valence-corrected chi connectivity index (χ3v) is 6.76. The second-order valence-electron chi connectivity index (χ2n) is 8.42. The van der Waals surface area contributed by atoms with Crippen molar-refractivity contribution in [2.24, 2.45) is 0 Å². The molecule has 0 atom stereocenters. The maximum absolute atomic E-state index is 12.9. The lowest BCUT2D eigenvalue weighted by Gasteiger charge is -2.33. The molecule has 33 heavy (non-hydrogen) atoms. The zero-order valence-corrected chi connectivity index (χ0v) is 19.9. The zero-order chi connectivity index (χ0) is 23.7. The fourth-order valence-corrected chi connectivity index (χ4v) is 4.55.